The molecule has 0 aliphatic heterocycles. The second kappa shape index (κ2) is 6.48. The first-order valence-electron chi connectivity index (χ1n) is 6.92. The van der Waals surface area contributed by atoms with Gasteiger partial charge in [-0.2, -0.15) is 5.26 Å². The molecular formula is C17H11N3O3S. The molecule has 3 aromatic rings. The fourth-order valence-corrected chi connectivity index (χ4v) is 3.17. The lowest BCUT2D eigenvalue weighted by atomic mass is 10.1. The number of rotatable bonds is 4. The third kappa shape index (κ3) is 2.95. The molecule has 24 heavy (non-hydrogen) atoms. The number of nitrogens with zero attached hydrogens (tertiary/aromatic N) is 3. The summed E-state index contributed by atoms with van der Waals surface area (Å²) in [6.07, 6.45) is 1.59. The molecule has 0 spiro atoms. The number of methoxy groups -OCH3 is 1. The van der Waals surface area contributed by atoms with Gasteiger partial charge in [0, 0.05) is 6.07 Å². The zero-order chi connectivity index (χ0) is 17.1. The fraction of sp³-hybridized carbons (Fsp3) is 0.0588. The van der Waals surface area contributed by atoms with E-state index in [2.05, 4.69) is 11.1 Å². The summed E-state index contributed by atoms with van der Waals surface area (Å²) < 4.78 is 5.96. The predicted octanol–water partition coefficient (Wildman–Crippen LogP) is 4.28. The summed E-state index contributed by atoms with van der Waals surface area (Å²) in [5.41, 5.74) is 1.57. The maximum atomic E-state index is 11.1. The van der Waals surface area contributed by atoms with Crippen molar-refractivity contribution in [3.63, 3.8) is 0 Å². The van der Waals surface area contributed by atoms with E-state index in [9.17, 15) is 15.4 Å². The van der Waals surface area contributed by atoms with E-state index >= 15 is 0 Å². The standard InChI is InChI=1S/C17H11N3O3S/c1-23-15-7-6-11(9-14(15)20(21)22)8-12(10-18)17-19-13-4-2-3-5-16(13)24-17/h2-9H,1H3. The van der Waals surface area contributed by atoms with Gasteiger partial charge in [0.1, 0.15) is 11.1 Å². The number of allylic oxidation sites excluding steroid dienone is 1. The highest BCUT2D eigenvalue weighted by atomic mass is 32.1. The summed E-state index contributed by atoms with van der Waals surface area (Å²) in [4.78, 5) is 15.0. The monoisotopic (exact) mass is 337 g/mol. The van der Waals surface area contributed by atoms with Crippen molar-refractivity contribution in [3.05, 3.63) is 63.1 Å². The molecule has 0 saturated carbocycles. The van der Waals surface area contributed by atoms with Gasteiger partial charge in [0.15, 0.2) is 5.75 Å². The van der Waals surface area contributed by atoms with Gasteiger partial charge >= 0.3 is 5.69 Å². The van der Waals surface area contributed by atoms with E-state index in [4.69, 9.17) is 4.74 Å². The first-order chi connectivity index (χ1) is 11.6. The van der Waals surface area contributed by atoms with Crippen molar-refractivity contribution in [2.24, 2.45) is 0 Å². The number of hydrogen-bond acceptors (Lipinski definition) is 6. The summed E-state index contributed by atoms with van der Waals surface area (Å²) in [6, 6.07) is 14.3. The Hall–Kier alpha value is -3.24. The quantitative estimate of drug-likeness (QED) is 0.403. The van der Waals surface area contributed by atoms with E-state index in [1.807, 2.05) is 24.3 Å². The molecule has 0 fully saturated rings. The first-order valence-corrected chi connectivity index (χ1v) is 7.74. The minimum atomic E-state index is -0.514. The number of benzene rings is 2. The smallest absolute Gasteiger partial charge is 0.311 e. The number of para-hydroxylation sites is 1. The van der Waals surface area contributed by atoms with Gasteiger partial charge in [-0.15, -0.1) is 11.3 Å². The molecule has 3 rings (SSSR count). The zero-order valence-corrected chi connectivity index (χ0v) is 13.4. The van der Waals surface area contributed by atoms with Crippen LogP contribution in [0.4, 0.5) is 5.69 Å². The Morgan fingerprint density at radius 3 is 2.83 bits per heavy atom. The van der Waals surface area contributed by atoms with E-state index in [1.54, 1.807) is 12.1 Å². The molecule has 0 aliphatic rings. The molecule has 0 unspecified atom stereocenters. The topological polar surface area (TPSA) is 89.0 Å². The highest BCUT2D eigenvalue weighted by molar-refractivity contribution is 7.19. The molecule has 118 valence electrons. The van der Waals surface area contributed by atoms with Crippen LogP contribution in [-0.2, 0) is 0 Å². The third-order valence-electron chi connectivity index (χ3n) is 3.36. The number of ether oxygens (including phenoxy) is 1. The molecule has 0 atom stereocenters. The second-order valence-corrected chi connectivity index (χ2v) is 5.88. The number of nitro benzene ring substituents is 1. The molecule has 1 aromatic heterocycles. The van der Waals surface area contributed by atoms with E-state index in [0.29, 0.717) is 16.1 Å². The molecule has 0 bridgehead atoms. The number of hydrogen-bond donors (Lipinski definition) is 0. The minimum absolute atomic E-state index is 0.146. The Bertz CT molecular complexity index is 969. The average Bonchev–Trinajstić information content (AvgIpc) is 3.03. The lowest BCUT2D eigenvalue weighted by Crippen LogP contribution is -1.94. The van der Waals surface area contributed by atoms with Gasteiger partial charge in [0.25, 0.3) is 0 Å². The number of nitro groups is 1. The molecular weight excluding hydrogens is 326 g/mol. The Kier molecular flexibility index (Phi) is 4.22. The highest BCUT2D eigenvalue weighted by Gasteiger charge is 2.15. The SMILES string of the molecule is COc1ccc(C=C(C#N)c2nc3ccccc3s2)cc1[N+](=O)[O-]. The summed E-state index contributed by atoms with van der Waals surface area (Å²) >= 11 is 1.41. The van der Waals surface area contributed by atoms with Crippen molar-refractivity contribution in [1.82, 2.24) is 4.98 Å². The largest absolute Gasteiger partial charge is 0.490 e. The Morgan fingerprint density at radius 2 is 2.17 bits per heavy atom. The summed E-state index contributed by atoms with van der Waals surface area (Å²) in [6.45, 7) is 0. The lowest BCUT2D eigenvalue weighted by Gasteiger charge is -2.02. The van der Waals surface area contributed by atoms with Crippen molar-refractivity contribution >= 4 is 38.9 Å². The first kappa shape index (κ1) is 15.6. The molecule has 0 aliphatic carbocycles. The van der Waals surface area contributed by atoms with Crippen LogP contribution in [-0.4, -0.2) is 17.0 Å². The van der Waals surface area contributed by atoms with Crippen LogP contribution in [0.1, 0.15) is 10.6 Å². The van der Waals surface area contributed by atoms with E-state index in [1.165, 1.54) is 30.6 Å². The van der Waals surface area contributed by atoms with Gasteiger partial charge in [-0.05, 0) is 29.8 Å². The van der Waals surface area contributed by atoms with Crippen molar-refractivity contribution in [3.8, 4) is 11.8 Å². The number of fused-ring (bicyclic) bond motifs is 1. The van der Waals surface area contributed by atoms with Crippen LogP contribution >= 0.6 is 11.3 Å². The maximum Gasteiger partial charge on any atom is 0.311 e. The summed E-state index contributed by atoms with van der Waals surface area (Å²) in [5.74, 6) is 0.177. The van der Waals surface area contributed by atoms with E-state index < -0.39 is 4.92 Å². The number of aromatic nitrogens is 1. The second-order valence-electron chi connectivity index (χ2n) is 4.84. The Morgan fingerprint density at radius 1 is 1.38 bits per heavy atom. The van der Waals surface area contributed by atoms with Gasteiger partial charge < -0.3 is 4.74 Å². The van der Waals surface area contributed by atoms with E-state index in [-0.39, 0.29) is 11.4 Å². The zero-order valence-electron chi connectivity index (χ0n) is 12.6. The molecule has 0 N–H and O–H groups in total. The van der Waals surface area contributed by atoms with Crippen molar-refractivity contribution in [2.45, 2.75) is 0 Å². The fourth-order valence-electron chi connectivity index (χ4n) is 2.24. The number of nitriles is 1. The summed E-state index contributed by atoms with van der Waals surface area (Å²) in [7, 11) is 1.37. The van der Waals surface area contributed by atoms with Crippen LogP contribution in [0.3, 0.4) is 0 Å². The Labute approximate surface area is 141 Å². The van der Waals surface area contributed by atoms with Crippen LogP contribution in [0, 0.1) is 21.4 Å². The van der Waals surface area contributed by atoms with Gasteiger partial charge in [0.2, 0.25) is 0 Å². The average molecular weight is 337 g/mol. The molecule has 1 heterocycles. The van der Waals surface area contributed by atoms with E-state index in [0.717, 1.165) is 10.2 Å². The molecule has 0 radical (unpaired) electrons. The Balaban J connectivity index is 2.06. The molecule has 7 heteroatoms. The van der Waals surface area contributed by atoms with Gasteiger partial charge in [0.05, 0.1) is 27.8 Å². The normalized spacial score (nSPS) is 11.2. The van der Waals surface area contributed by atoms with Crippen LogP contribution in [0.25, 0.3) is 21.9 Å². The number of thiazole rings is 1. The van der Waals surface area contributed by atoms with Crippen molar-refractivity contribution < 1.29 is 9.66 Å². The lowest BCUT2D eigenvalue weighted by molar-refractivity contribution is -0.385. The highest BCUT2D eigenvalue weighted by Crippen LogP contribution is 2.31. The van der Waals surface area contributed by atoms with Crippen LogP contribution in [0.5, 0.6) is 5.75 Å². The van der Waals surface area contributed by atoms with Crippen LogP contribution in [0.15, 0.2) is 42.5 Å². The molecule has 0 saturated heterocycles. The molecule has 0 amide bonds. The summed E-state index contributed by atoms with van der Waals surface area (Å²) in [5, 5.41) is 21.1. The van der Waals surface area contributed by atoms with Crippen LogP contribution < -0.4 is 4.74 Å². The van der Waals surface area contributed by atoms with Crippen LogP contribution in [0.2, 0.25) is 0 Å². The minimum Gasteiger partial charge on any atom is -0.490 e. The van der Waals surface area contributed by atoms with Crippen molar-refractivity contribution in [1.29, 1.82) is 5.26 Å². The third-order valence-corrected chi connectivity index (χ3v) is 4.43. The van der Waals surface area contributed by atoms with Gasteiger partial charge in [-0.1, -0.05) is 18.2 Å². The molecule has 2 aromatic carbocycles. The van der Waals surface area contributed by atoms with Crippen molar-refractivity contribution in [2.75, 3.05) is 7.11 Å². The van der Waals surface area contributed by atoms with Gasteiger partial charge in [-0.25, -0.2) is 4.98 Å². The predicted molar refractivity (Wildman–Crippen MR) is 92.8 cm³/mol. The maximum absolute atomic E-state index is 11.1. The van der Waals surface area contributed by atoms with Gasteiger partial charge in [-0.3, -0.25) is 10.1 Å². The molecule has 6 nitrogen and oxygen atoms in total.